The molecule has 1 aliphatic rings. The molecule has 1 aliphatic carbocycles. The molecule has 180 valence electrons. The Morgan fingerprint density at radius 1 is 0.946 bits per heavy atom. The summed E-state index contributed by atoms with van der Waals surface area (Å²) in [6.07, 6.45) is 13.6. The van der Waals surface area contributed by atoms with Crippen molar-refractivity contribution < 1.29 is 4.79 Å². The van der Waals surface area contributed by atoms with Gasteiger partial charge in [-0.25, -0.2) is 15.0 Å². The molecule has 5 aromatic rings. The number of hydrogen-bond acceptors (Lipinski definition) is 6. The van der Waals surface area contributed by atoms with Gasteiger partial charge in [-0.05, 0) is 67.1 Å². The van der Waals surface area contributed by atoms with E-state index in [0.29, 0.717) is 35.0 Å². The molecule has 1 atom stereocenters. The van der Waals surface area contributed by atoms with Gasteiger partial charge in [0.2, 0.25) is 5.91 Å². The van der Waals surface area contributed by atoms with Gasteiger partial charge in [-0.2, -0.15) is 0 Å². The summed E-state index contributed by atoms with van der Waals surface area (Å²) in [5.74, 6) is 0.815. The largest absolute Gasteiger partial charge is 0.383 e. The number of nitrogens with one attached hydrogen (secondary N) is 1. The van der Waals surface area contributed by atoms with Crippen molar-refractivity contribution in [1.29, 1.82) is 0 Å². The van der Waals surface area contributed by atoms with Gasteiger partial charge in [0.15, 0.2) is 11.5 Å². The quantitative estimate of drug-likeness (QED) is 0.354. The topological polar surface area (TPSA) is 112 Å². The number of anilines is 2. The Bertz CT molecular complexity index is 1650. The third-order valence-corrected chi connectivity index (χ3v) is 6.27. The predicted molar refractivity (Wildman–Crippen MR) is 145 cm³/mol. The number of nitrogen functional groups attached to an aromatic ring is 1. The van der Waals surface area contributed by atoms with E-state index in [2.05, 4.69) is 15.3 Å². The van der Waals surface area contributed by atoms with Crippen molar-refractivity contribution in [3.8, 4) is 28.3 Å². The number of allylic oxidation sites excluding steroid dienone is 3. The highest BCUT2D eigenvalue weighted by molar-refractivity contribution is 5.94. The number of carbonyl (C=O) groups excluding carboxylic acids is 1. The maximum Gasteiger partial charge on any atom is 0.231 e. The Balaban J connectivity index is 1.43. The number of rotatable bonds is 5. The lowest BCUT2D eigenvalue weighted by Gasteiger charge is -2.14. The second-order valence-electron chi connectivity index (χ2n) is 8.67. The van der Waals surface area contributed by atoms with Crippen LogP contribution in [0.3, 0.4) is 0 Å². The first-order valence-electron chi connectivity index (χ1n) is 11.9. The third kappa shape index (κ3) is 4.36. The van der Waals surface area contributed by atoms with Gasteiger partial charge in [0, 0.05) is 35.5 Å². The van der Waals surface area contributed by atoms with Crippen LogP contribution in [0.5, 0.6) is 0 Å². The fraction of sp³-hybridized carbons (Fsp3) is 0.0690. The van der Waals surface area contributed by atoms with Crippen LogP contribution in [0, 0.1) is 5.92 Å². The minimum Gasteiger partial charge on any atom is -0.383 e. The Kier molecular flexibility index (Phi) is 5.74. The standard InChI is InChI=1S/C29H23N7O/c30-26-23(7-4-16-32-26)27-35-25-13-12-24(19-14-17-31-18-15-19)34-28(25)36(27)22-10-8-21(9-11-22)33-29(37)20-5-2-1-3-6-20/h1-5,7-18,20H,6H2,(H2,30,32)(H,33,37). The van der Waals surface area contributed by atoms with E-state index >= 15 is 0 Å². The van der Waals surface area contributed by atoms with Crippen molar-refractivity contribution in [2.45, 2.75) is 6.42 Å². The Hall–Kier alpha value is -5.11. The molecule has 6 rings (SSSR count). The van der Waals surface area contributed by atoms with Crippen LogP contribution in [0.4, 0.5) is 11.5 Å². The van der Waals surface area contributed by atoms with Crippen LogP contribution in [0.1, 0.15) is 6.42 Å². The number of amides is 1. The lowest BCUT2D eigenvalue weighted by atomic mass is 10.00. The maximum atomic E-state index is 12.7. The van der Waals surface area contributed by atoms with E-state index in [1.54, 1.807) is 18.6 Å². The number of pyridine rings is 3. The molecule has 1 amide bonds. The molecule has 0 saturated heterocycles. The van der Waals surface area contributed by atoms with Gasteiger partial charge in [-0.15, -0.1) is 0 Å². The molecule has 0 radical (unpaired) electrons. The molecular formula is C29H23N7O. The first-order chi connectivity index (χ1) is 18.2. The van der Waals surface area contributed by atoms with E-state index in [1.165, 1.54) is 0 Å². The van der Waals surface area contributed by atoms with Crippen LogP contribution in [-0.4, -0.2) is 30.4 Å². The molecule has 3 N–H and O–H groups in total. The number of fused-ring (bicyclic) bond motifs is 1. The van der Waals surface area contributed by atoms with Gasteiger partial charge in [0.25, 0.3) is 0 Å². The van der Waals surface area contributed by atoms with Crippen molar-refractivity contribution in [1.82, 2.24) is 24.5 Å². The monoisotopic (exact) mass is 485 g/mol. The van der Waals surface area contributed by atoms with Crippen molar-refractivity contribution in [3.05, 3.63) is 104 Å². The second-order valence-corrected chi connectivity index (χ2v) is 8.67. The SMILES string of the molecule is Nc1ncccc1-c1nc2ccc(-c3ccncc3)nc2n1-c1ccc(NC(=O)C2C=CC=CC2)cc1. The second kappa shape index (κ2) is 9.50. The molecule has 0 spiro atoms. The lowest BCUT2D eigenvalue weighted by Crippen LogP contribution is -2.21. The fourth-order valence-electron chi connectivity index (χ4n) is 4.38. The van der Waals surface area contributed by atoms with Gasteiger partial charge in [-0.1, -0.05) is 24.3 Å². The number of imidazole rings is 1. The lowest BCUT2D eigenvalue weighted by molar-refractivity contribution is -0.118. The Morgan fingerprint density at radius 3 is 2.54 bits per heavy atom. The normalized spacial score (nSPS) is 14.6. The molecule has 4 aromatic heterocycles. The minimum absolute atomic E-state index is 0.0334. The first kappa shape index (κ1) is 22.4. The van der Waals surface area contributed by atoms with Crippen molar-refractivity contribution >= 4 is 28.6 Å². The third-order valence-electron chi connectivity index (χ3n) is 6.27. The van der Waals surface area contributed by atoms with Crippen LogP contribution in [0.25, 0.3) is 39.5 Å². The highest BCUT2D eigenvalue weighted by Crippen LogP contribution is 2.32. The number of carbonyl (C=O) groups is 1. The molecule has 1 unspecified atom stereocenters. The summed E-state index contributed by atoms with van der Waals surface area (Å²) >= 11 is 0. The van der Waals surface area contributed by atoms with Crippen molar-refractivity contribution in [3.63, 3.8) is 0 Å². The predicted octanol–water partition coefficient (Wildman–Crippen LogP) is 5.20. The van der Waals surface area contributed by atoms with Gasteiger partial charge < -0.3 is 11.1 Å². The molecule has 1 aromatic carbocycles. The zero-order valence-corrected chi connectivity index (χ0v) is 19.8. The van der Waals surface area contributed by atoms with E-state index in [1.807, 2.05) is 89.5 Å². The summed E-state index contributed by atoms with van der Waals surface area (Å²) in [6, 6.07) is 19.1. The number of benzene rings is 1. The molecular weight excluding hydrogens is 462 g/mol. The van der Waals surface area contributed by atoms with Gasteiger partial charge >= 0.3 is 0 Å². The maximum absolute atomic E-state index is 12.7. The van der Waals surface area contributed by atoms with Gasteiger partial charge in [-0.3, -0.25) is 14.3 Å². The molecule has 8 heteroatoms. The molecule has 0 saturated carbocycles. The van der Waals surface area contributed by atoms with E-state index in [-0.39, 0.29) is 11.8 Å². The summed E-state index contributed by atoms with van der Waals surface area (Å²) in [5.41, 5.74) is 11.7. The molecule has 4 heterocycles. The first-order valence-corrected chi connectivity index (χ1v) is 11.9. The summed E-state index contributed by atoms with van der Waals surface area (Å²) in [6.45, 7) is 0. The minimum atomic E-state index is -0.168. The molecule has 8 nitrogen and oxygen atoms in total. The highest BCUT2D eigenvalue weighted by Gasteiger charge is 2.19. The van der Waals surface area contributed by atoms with Crippen LogP contribution in [0.2, 0.25) is 0 Å². The summed E-state index contributed by atoms with van der Waals surface area (Å²) in [7, 11) is 0. The Morgan fingerprint density at radius 2 is 1.78 bits per heavy atom. The van der Waals surface area contributed by atoms with E-state index in [0.717, 1.165) is 22.5 Å². The summed E-state index contributed by atoms with van der Waals surface area (Å²) < 4.78 is 1.97. The van der Waals surface area contributed by atoms with Crippen LogP contribution < -0.4 is 11.1 Å². The van der Waals surface area contributed by atoms with Crippen molar-refractivity contribution in [2.75, 3.05) is 11.1 Å². The smallest absolute Gasteiger partial charge is 0.231 e. The summed E-state index contributed by atoms with van der Waals surface area (Å²) in [4.78, 5) is 30.8. The number of hydrogen-bond donors (Lipinski definition) is 2. The number of nitrogens with zero attached hydrogens (tertiary/aromatic N) is 5. The molecule has 0 fully saturated rings. The number of aromatic nitrogens is 5. The van der Waals surface area contributed by atoms with E-state index < -0.39 is 0 Å². The molecule has 0 aliphatic heterocycles. The average Bonchev–Trinajstić information content (AvgIpc) is 3.33. The van der Waals surface area contributed by atoms with Crippen LogP contribution >= 0.6 is 0 Å². The van der Waals surface area contributed by atoms with Crippen LogP contribution in [0.15, 0.2) is 104 Å². The van der Waals surface area contributed by atoms with Crippen molar-refractivity contribution in [2.24, 2.45) is 5.92 Å². The van der Waals surface area contributed by atoms with Crippen LogP contribution in [-0.2, 0) is 4.79 Å². The zero-order valence-electron chi connectivity index (χ0n) is 19.8. The molecule has 0 bridgehead atoms. The fourth-order valence-corrected chi connectivity index (χ4v) is 4.38. The number of nitrogens with two attached hydrogens (primary N) is 1. The van der Waals surface area contributed by atoms with E-state index in [9.17, 15) is 4.79 Å². The Labute approximate surface area is 213 Å². The van der Waals surface area contributed by atoms with Gasteiger partial charge in [0.05, 0.1) is 17.2 Å². The van der Waals surface area contributed by atoms with E-state index in [4.69, 9.17) is 15.7 Å². The summed E-state index contributed by atoms with van der Waals surface area (Å²) in [5, 5.41) is 3.01. The average molecular weight is 486 g/mol. The van der Waals surface area contributed by atoms with Gasteiger partial charge in [0.1, 0.15) is 11.3 Å². The highest BCUT2D eigenvalue weighted by atomic mass is 16.1. The zero-order chi connectivity index (χ0) is 25.2. The molecule has 37 heavy (non-hydrogen) atoms.